The summed E-state index contributed by atoms with van der Waals surface area (Å²) in [5.74, 6) is 0.608. The van der Waals surface area contributed by atoms with Gasteiger partial charge in [-0.05, 0) is 45.0 Å². The van der Waals surface area contributed by atoms with Crippen LogP contribution in [0.15, 0.2) is 36.7 Å². The van der Waals surface area contributed by atoms with Crippen LogP contribution in [0.25, 0.3) is 0 Å². The molecule has 0 aliphatic carbocycles. The standard InChI is InChI=1S/C16H24N2O3S/c1-12(21-16(2,3)4)18-9-10-22(19,20)15(11-18)13-5-7-14(17)8-6-13/h5-8,15H,1,9-11,17H2,2-4H3. The monoisotopic (exact) mass is 324 g/mol. The quantitative estimate of drug-likeness (QED) is 0.682. The van der Waals surface area contributed by atoms with Crippen molar-refractivity contribution in [3.8, 4) is 0 Å². The van der Waals surface area contributed by atoms with Crippen molar-refractivity contribution in [2.24, 2.45) is 0 Å². The summed E-state index contributed by atoms with van der Waals surface area (Å²) >= 11 is 0. The van der Waals surface area contributed by atoms with Gasteiger partial charge in [-0.15, -0.1) is 0 Å². The summed E-state index contributed by atoms with van der Waals surface area (Å²) < 4.78 is 30.5. The lowest BCUT2D eigenvalue weighted by Gasteiger charge is -2.37. The lowest BCUT2D eigenvalue weighted by molar-refractivity contribution is 0.00332. The molecule has 1 heterocycles. The maximum Gasteiger partial charge on any atom is 0.182 e. The number of benzene rings is 1. The molecule has 2 N–H and O–H groups in total. The Hall–Kier alpha value is -1.69. The second-order valence-electron chi connectivity index (χ2n) is 6.58. The maximum atomic E-state index is 12.4. The van der Waals surface area contributed by atoms with Crippen LogP contribution in [0.5, 0.6) is 0 Å². The van der Waals surface area contributed by atoms with E-state index in [1.54, 1.807) is 24.3 Å². The molecule has 122 valence electrons. The maximum absolute atomic E-state index is 12.4. The minimum Gasteiger partial charge on any atom is -0.474 e. The van der Waals surface area contributed by atoms with E-state index in [9.17, 15) is 8.42 Å². The topological polar surface area (TPSA) is 72.6 Å². The van der Waals surface area contributed by atoms with Crippen LogP contribution in [0.3, 0.4) is 0 Å². The number of rotatable bonds is 3. The average Bonchev–Trinajstić information content (AvgIpc) is 2.37. The molecule has 0 radical (unpaired) electrons. The Bertz CT molecular complexity index is 645. The van der Waals surface area contributed by atoms with E-state index in [2.05, 4.69) is 6.58 Å². The lowest BCUT2D eigenvalue weighted by atomic mass is 10.1. The molecule has 2 rings (SSSR count). The van der Waals surface area contributed by atoms with Crippen molar-refractivity contribution < 1.29 is 13.2 Å². The highest BCUT2D eigenvalue weighted by Crippen LogP contribution is 2.30. The molecule has 1 saturated heterocycles. The minimum absolute atomic E-state index is 0.0918. The van der Waals surface area contributed by atoms with Crippen molar-refractivity contribution in [2.75, 3.05) is 24.6 Å². The fourth-order valence-corrected chi connectivity index (χ4v) is 4.19. The average molecular weight is 324 g/mol. The zero-order valence-electron chi connectivity index (χ0n) is 13.4. The van der Waals surface area contributed by atoms with Gasteiger partial charge in [0.05, 0.1) is 5.75 Å². The van der Waals surface area contributed by atoms with Gasteiger partial charge >= 0.3 is 0 Å². The summed E-state index contributed by atoms with van der Waals surface area (Å²) in [5, 5.41) is -0.581. The molecule has 0 aromatic heterocycles. The summed E-state index contributed by atoms with van der Waals surface area (Å²) in [4.78, 5) is 1.90. The first kappa shape index (κ1) is 16.7. The zero-order chi connectivity index (χ0) is 16.5. The van der Waals surface area contributed by atoms with Crippen molar-refractivity contribution in [3.05, 3.63) is 42.3 Å². The van der Waals surface area contributed by atoms with Crippen molar-refractivity contribution in [2.45, 2.75) is 31.6 Å². The number of hydrogen-bond acceptors (Lipinski definition) is 5. The van der Waals surface area contributed by atoms with Gasteiger partial charge in [0.15, 0.2) is 15.7 Å². The first-order chi connectivity index (χ1) is 10.1. The molecule has 22 heavy (non-hydrogen) atoms. The van der Waals surface area contributed by atoms with Gasteiger partial charge in [0.1, 0.15) is 10.9 Å². The first-order valence-corrected chi connectivity index (χ1v) is 9.00. The van der Waals surface area contributed by atoms with Crippen LogP contribution in [-0.2, 0) is 14.6 Å². The molecule has 1 aromatic rings. The highest BCUT2D eigenvalue weighted by molar-refractivity contribution is 7.91. The molecule has 1 aliphatic rings. The molecule has 0 amide bonds. The predicted octanol–water partition coefficient (Wildman–Crippen LogP) is 2.33. The second-order valence-corrected chi connectivity index (χ2v) is 8.88. The SMILES string of the molecule is C=C(OC(C)(C)C)N1CCS(=O)(=O)C(c2ccc(N)cc2)C1. The zero-order valence-corrected chi connectivity index (χ0v) is 14.2. The van der Waals surface area contributed by atoms with Crippen LogP contribution in [0.1, 0.15) is 31.6 Å². The van der Waals surface area contributed by atoms with Gasteiger partial charge < -0.3 is 15.4 Å². The number of anilines is 1. The van der Waals surface area contributed by atoms with Crippen LogP contribution in [0.4, 0.5) is 5.69 Å². The number of ether oxygens (including phenoxy) is 1. The molecule has 0 bridgehead atoms. The Morgan fingerprint density at radius 1 is 1.32 bits per heavy atom. The molecule has 6 heteroatoms. The predicted molar refractivity (Wildman–Crippen MR) is 88.9 cm³/mol. The normalized spacial score (nSPS) is 21.4. The Morgan fingerprint density at radius 2 is 1.91 bits per heavy atom. The van der Waals surface area contributed by atoms with Gasteiger partial charge in [0.2, 0.25) is 0 Å². The Morgan fingerprint density at radius 3 is 2.45 bits per heavy atom. The molecule has 1 atom stereocenters. The molecule has 1 aliphatic heterocycles. The van der Waals surface area contributed by atoms with Crippen molar-refractivity contribution in [3.63, 3.8) is 0 Å². The number of sulfone groups is 1. The Balaban J connectivity index is 2.21. The minimum atomic E-state index is -3.18. The molecule has 0 saturated carbocycles. The number of nitrogens with two attached hydrogens (primary N) is 1. The summed E-state index contributed by atoms with van der Waals surface area (Å²) in [7, 11) is -3.18. The fraction of sp³-hybridized carbons (Fsp3) is 0.500. The molecule has 5 nitrogen and oxygen atoms in total. The second kappa shape index (κ2) is 5.83. The number of nitrogen functional groups attached to an aromatic ring is 1. The Labute approximate surface area is 132 Å². The van der Waals surface area contributed by atoms with E-state index < -0.39 is 15.1 Å². The highest BCUT2D eigenvalue weighted by Gasteiger charge is 2.35. The third kappa shape index (κ3) is 3.94. The van der Waals surface area contributed by atoms with Gasteiger partial charge in [0.25, 0.3) is 0 Å². The van der Waals surface area contributed by atoms with Gasteiger partial charge in [-0.2, -0.15) is 0 Å². The molecular weight excluding hydrogens is 300 g/mol. The first-order valence-electron chi connectivity index (χ1n) is 7.28. The van der Waals surface area contributed by atoms with Crippen LogP contribution in [0, 0.1) is 0 Å². The number of nitrogens with zero attached hydrogens (tertiary/aromatic N) is 1. The van der Waals surface area contributed by atoms with Crippen molar-refractivity contribution in [1.29, 1.82) is 0 Å². The van der Waals surface area contributed by atoms with E-state index in [1.165, 1.54) is 0 Å². The Kier molecular flexibility index (Phi) is 4.42. The van der Waals surface area contributed by atoms with E-state index in [4.69, 9.17) is 10.5 Å². The summed E-state index contributed by atoms with van der Waals surface area (Å²) in [5.41, 5.74) is 6.69. The largest absolute Gasteiger partial charge is 0.474 e. The molecule has 0 spiro atoms. The molecule has 1 fully saturated rings. The van der Waals surface area contributed by atoms with Crippen LogP contribution < -0.4 is 5.73 Å². The summed E-state index contributed by atoms with van der Waals surface area (Å²) in [6.07, 6.45) is 0. The van der Waals surface area contributed by atoms with Gasteiger partial charge in [0, 0.05) is 18.8 Å². The van der Waals surface area contributed by atoms with E-state index in [0.717, 1.165) is 5.56 Å². The van der Waals surface area contributed by atoms with Crippen molar-refractivity contribution >= 4 is 15.5 Å². The number of hydrogen-bond donors (Lipinski definition) is 1. The molecule has 1 unspecified atom stereocenters. The fourth-order valence-electron chi connectivity index (χ4n) is 2.45. The van der Waals surface area contributed by atoms with E-state index in [1.807, 2.05) is 25.7 Å². The van der Waals surface area contributed by atoms with E-state index in [0.29, 0.717) is 24.7 Å². The highest BCUT2D eigenvalue weighted by atomic mass is 32.2. The summed E-state index contributed by atoms with van der Waals surface area (Å²) in [6, 6.07) is 7.00. The van der Waals surface area contributed by atoms with Gasteiger partial charge in [-0.3, -0.25) is 0 Å². The van der Waals surface area contributed by atoms with Crippen LogP contribution in [-0.4, -0.2) is 37.8 Å². The van der Waals surface area contributed by atoms with E-state index in [-0.39, 0.29) is 11.4 Å². The van der Waals surface area contributed by atoms with Crippen molar-refractivity contribution in [1.82, 2.24) is 4.90 Å². The molecular formula is C16H24N2O3S. The smallest absolute Gasteiger partial charge is 0.182 e. The third-order valence-electron chi connectivity index (χ3n) is 3.55. The molecule has 1 aromatic carbocycles. The van der Waals surface area contributed by atoms with Gasteiger partial charge in [-0.1, -0.05) is 12.1 Å². The van der Waals surface area contributed by atoms with E-state index >= 15 is 0 Å². The van der Waals surface area contributed by atoms with Crippen LogP contribution >= 0.6 is 0 Å². The third-order valence-corrected chi connectivity index (χ3v) is 5.59. The summed E-state index contributed by atoms with van der Waals surface area (Å²) in [6.45, 7) is 10.5. The van der Waals surface area contributed by atoms with Crippen LogP contribution in [0.2, 0.25) is 0 Å². The van der Waals surface area contributed by atoms with Gasteiger partial charge in [-0.25, -0.2) is 8.42 Å². The lowest BCUT2D eigenvalue weighted by Crippen LogP contribution is -2.43.